The van der Waals surface area contributed by atoms with Crippen LogP contribution in [0, 0.1) is 6.92 Å². The van der Waals surface area contributed by atoms with Gasteiger partial charge in [-0.15, -0.1) is 0 Å². The van der Waals surface area contributed by atoms with Gasteiger partial charge in [-0.25, -0.2) is 14.8 Å². The summed E-state index contributed by atoms with van der Waals surface area (Å²) in [4.78, 5) is 29.1. The molecule has 0 spiro atoms. The van der Waals surface area contributed by atoms with Crippen molar-refractivity contribution >= 4 is 40.4 Å². The third kappa shape index (κ3) is 6.36. The molecule has 0 aliphatic heterocycles. The molecule has 0 aliphatic carbocycles. The zero-order valence-electron chi connectivity index (χ0n) is 19.1. The highest BCUT2D eigenvalue weighted by Gasteiger charge is 2.22. The van der Waals surface area contributed by atoms with E-state index < -0.39 is 5.97 Å². The Balaban J connectivity index is 0.00000187. The van der Waals surface area contributed by atoms with Crippen molar-refractivity contribution in [3.8, 4) is 0 Å². The lowest BCUT2D eigenvalue weighted by Gasteiger charge is -2.10. The lowest BCUT2D eigenvalue weighted by atomic mass is 10.1. The summed E-state index contributed by atoms with van der Waals surface area (Å²) in [6.07, 6.45) is 0. The number of hydrogen-bond acceptors (Lipinski definition) is 6. The van der Waals surface area contributed by atoms with Gasteiger partial charge in [-0.1, -0.05) is 62.4 Å². The average molecular weight is 449 g/mol. The third-order valence-corrected chi connectivity index (χ3v) is 4.25. The number of hydrogen-bond donors (Lipinski definition) is 3. The lowest BCUT2D eigenvalue weighted by Crippen LogP contribution is -2.27. The van der Waals surface area contributed by atoms with Crippen molar-refractivity contribution in [1.29, 1.82) is 0 Å². The molecule has 0 unspecified atom stereocenters. The van der Waals surface area contributed by atoms with E-state index in [1.165, 1.54) is 0 Å². The minimum atomic E-state index is -0.837. The van der Waals surface area contributed by atoms with Crippen LogP contribution in [0.25, 0.3) is 16.7 Å². The van der Waals surface area contributed by atoms with Gasteiger partial charge < -0.3 is 21.3 Å². The molecule has 33 heavy (non-hydrogen) atoms. The summed E-state index contributed by atoms with van der Waals surface area (Å²) in [6.45, 7) is 7.56. The summed E-state index contributed by atoms with van der Waals surface area (Å²) >= 11 is 0. The fourth-order valence-electron chi connectivity index (χ4n) is 2.84. The summed E-state index contributed by atoms with van der Waals surface area (Å²) in [5.41, 5.74) is 13.4. The molecule has 0 amide bonds. The molecule has 0 bridgehead atoms. The first-order valence-electron chi connectivity index (χ1n) is 10.5. The number of aliphatic imine (C=N–C) groups is 2. The Labute approximate surface area is 192 Å². The SMILES string of the molecule is CC.CCOC(=O)C(C(N)=NC(N)=Nc1nc(C)c2ccccc2n1)=C(O)c1ccccc1. The van der Waals surface area contributed by atoms with E-state index >= 15 is 0 Å². The van der Waals surface area contributed by atoms with Gasteiger partial charge in [0.05, 0.1) is 17.8 Å². The van der Waals surface area contributed by atoms with Crippen LogP contribution in [0.2, 0.25) is 0 Å². The molecular weight excluding hydrogens is 420 g/mol. The number of rotatable bonds is 5. The minimum absolute atomic E-state index is 0.0888. The highest BCUT2D eigenvalue weighted by molar-refractivity contribution is 6.24. The quantitative estimate of drug-likeness (QED) is 0.177. The molecule has 172 valence electrons. The zero-order chi connectivity index (χ0) is 24.4. The van der Waals surface area contributed by atoms with Crippen molar-refractivity contribution in [3.63, 3.8) is 0 Å². The van der Waals surface area contributed by atoms with Gasteiger partial charge >= 0.3 is 5.97 Å². The number of nitrogens with two attached hydrogens (primary N) is 2. The summed E-state index contributed by atoms with van der Waals surface area (Å²) in [5, 5.41) is 11.5. The number of aliphatic hydroxyl groups excluding tert-OH is 1. The Hall–Kier alpha value is -4.27. The molecule has 0 radical (unpaired) electrons. The molecule has 3 aromatic rings. The van der Waals surface area contributed by atoms with E-state index in [1.807, 2.05) is 45.0 Å². The van der Waals surface area contributed by atoms with Crippen LogP contribution in [-0.4, -0.2) is 39.4 Å². The number of esters is 1. The topological polar surface area (TPSA) is 149 Å². The molecule has 2 aromatic carbocycles. The largest absolute Gasteiger partial charge is 0.506 e. The standard InChI is InChI=1S/C22H22N6O3.C2H6/c1-3-31-20(30)17(18(29)14-9-5-4-6-10-14)19(23)27-21(24)28-22-25-13(2)15-11-7-8-12-16(15)26-22;1-2/h4-12,29H,3H2,1-2H3,(H4,23,24,25,26,27,28);1-2H3. The number of para-hydroxylation sites is 1. The van der Waals surface area contributed by atoms with Crippen LogP contribution in [0.15, 0.2) is 70.2 Å². The first kappa shape index (κ1) is 25.0. The maximum Gasteiger partial charge on any atom is 0.345 e. The van der Waals surface area contributed by atoms with E-state index in [-0.39, 0.29) is 35.7 Å². The molecule has 9 heteroatoms. The molecule has 1 aromatic heterocycles. The predicted octanol–water partition coefficient (Wildman–Crippen LogP) is 3.80. The summed E-state index contributed by atoms with van der Waals surface area (Å²) < 4.78 is 5.01. The molecule has 5 N–H and O–H groups in total. The van der Waals surface area contributed by atoms with Crippen molar-refractivity contribution in [2.24, 2.45) is 21.5 Å². The van der Waals surface area contributed by atoms with E-state index in [1.54, 1.807) is 37.3 Å². The molecule has 0 aliphatic rings. The first-order chi connectivity index (χ1) is 15.9. The van der Waals surface area contributed by atoms with Crippen LogP contribution in [-0.2, 0) is 9.53 Å². The second-order valence-corrected chi connectivity index (χ2v) is 6.40. The number of aryl methyl sites for hydroxylation is 1. The van der Waals surface area contributed by atoms with Gasteiger partial charge in [0.1, 0.15) is 17.2 Å². The Bertz CT molecular complexity index is 1200. The van der Waals surface area contributed by atoms with Crippen LogP contribution >= 0.6 is 0 Å². The molecular formula is C24H28N6O3. The van der Waals surface area contributed by atoms with Gasteiger partial charge in [0.25, 0.3) is 5.95 Å². The van der Waals surface area contributed by atoms with Gasteiger partial charge in [0, 0.05) is 10.9 Å². The van der Waals surface area contributed by atoms with E-state index in [0.717, 1.165) is 11.1 Å². The second kappa shape index (κ2) is 11.9. The highest BCUT2D eigenvalue weighted by atomic mass is 16.5. The van der Waals surface area contributed by atoms with Gasteiger partial charge in [0.2, 0.25) is 5.96 Å². The molecule has 0 saturated carbocycles. The second-order valence-electron chi connectivity index (χ2n) is 6.40. The average Bonchev–Trinajstić information content (AvgIpc) is 2.81. The van der Waals surface area contributed by atoms with Crippen LogP contribution in [0.3, 0.4) is 0 Å². The summed E-state index contributed by atoms with van der Waals surface area (Å²) in [6, 6.07) is 15.9. The van der Waals surface area contributed by atoms with Crippen LogP contribution in [0.5, 0.6) is 0 Å². The number of benzene rings is 2. The van der Waals surface area contributed by atoms with Crippen molar-refractivity contribution < 1.29 is 14.6 Å². The van der Waals surface area contributed by atoms with Crippen LogP contribution in [0.4, 0.5) is 5.95 Å². The molecule has 0 fully saturated rings. The number of fused-ring (bicyclic) bond motifs is 1. The van der Waals surface area contributed by atoms with Gasteiger partial charge in [-0.05, 0) is 19.9 Å². The maximum absolute atomic E-state index is 12.4. The number of ether oxygens (including phenoxy) is 1. The fraction of sp³-hybridized carbons (Fsp3) is 0.208. The number of aliphatic hydroxyl groups is 1. The number of carbonyl (C=O) groups excluding carboxylic acids is 1. The summed E-state index contributed by atoms with van der Waals surface area (Å²) in [5.74, 6) is -1.76. The van der Waals surface area contributed by atoms with Crippen molar-refractivity contribution in [2.75, 3.05) is 6.61 Å². The minimum Gasteiger partial charge on any atom is -0.506 e. The highest BCUT2D eigenvalue weighted by Crippen LogP contribution is 2.19. The predicted molar refractivity (Wildman–Crippen MR) is 131 cm³/mol. The third-order valence-electron chi connectivity index (χ3n) is 4.25. The van der Waals surface area contributed by atoms with Crippen LogP contribution in [0.1, 0.15) is 32.0 Å². The smallest absolute Gasteiger partial charge is 0.345 e. The molecule has 1 heterocycles. The Morgan fingerprint density at radius 1 is 1.03 bits per heavy atom. The van der Waals surface area contributed by atoms with Crippen molar-refractivity contribution in [3.05, 3.63) is 71.4 Å². The fourth-order valence-corrected chi connectivity index (χ4v) is 2.84. The van der Waals surface area contributed by atoms with Crippen LogP contribution < -0.4 is 11.5 Å². The van der Waals surface area contributed by atoms with Gasteiger partial charge in [0.15, 0.2) is 0 Å². The van der Waals surface area contributed by atoms with Gasteiger partial charge in [-0.3, -0.25) is 0 Å². The van der Waals surface area contributed by atoms with Crippen molar-refractivity contribution in [2.45, 2.75) is 27.7 Å². The van der Waals surface area contributed by atoms with Crippen molar-refractivity contribution in [1.82, 2.24) is 9.97 Å². The van der Waals surface area contributed by atoms with E-state index in [0.29, 0.717) is 11.1 Å². The summed E-state index contributed by atoms with van der Waals surface area (Å²) in [7, 11) is 0. The Kier molecular flexibility index (Phi) is 9.05. The molecule has 0 saturated heterocycles. The maximum atomic E-state index is 12.4. The number of carbonyl (C=O) groups is 1. The zero-order valence-corrected chi connectivity index (χ0v) is 19.1. The molecule has 9 nitrogen and oxygen atoms in total. The number of amidine groups is 1. The lowest BCUT2D eigenvalue weighted by molar-refractivity contribution is -0.137. The number of nitrogens with zero attached hydrogens (tertiary/aromatic N) is 4. The van der Waals surface area contributed by atoms with E-state index in [4.69, 9.17) is 16.2 Å². The normalized spacial score (nSPS) is 12.5. The van der Waals surface area contributed by atoms with Gasteiger partial charge in [-0.2, -0.15) is 9.98 Å². The Morgan fingerprint density at radius 2 is 1.67 bits per heavy atom. The Morgan fingerprint density at radius 3 is 2.33 bits per heavy atom. The molecule has 0 atom stereocenters. The number of guanidine groups is 1. The first-order valence-corrected chi connectivity index (χ1v) is 10.5. The van der Waals surface area contributed by atoms with E-state index in [9.17, 15) is 9.90 Å². The monoisotopic (exact) mass is 448 g/mol. The molecule has 3 rings (SSSR count). The number of aromatic nitrogens is 2. The van der Waals surface area contributed by atoms with E-state index in [2.05, 4.69) is 20.0 Å².